The molecular formula is C13H14ClFO. The van der Waals surface area contributed by atoms with Crippen LogP contribution >= 0.6 is 11.6 Å². The summed E-state index contributed by atoms with van der Waals surface area (Å²) in [4.78, 5) is 0. The second-order valence-electron chi connectivity index (χ2n) is 5.10. The van der Waals surface area contributed by atoms with E-state index in [1.165, 1.54) is 12.5 Å². The first kappa shape index (κ1) is 10.5. The number of fused-ring (bicyclic) bond motifs is 1. The molecular weight excluding hydrogens is 227 g/mol. The standard InChI is InChI=1S/C13H14ClFO/c14-10-1-2-11(12(15)6-10)13(16)9-4-7-3-8(7)5-9/h1-2,6-9,13,16H,3-5H2. The Bertz CT molecular complexity index is 410. The fourth-order valence-corrected chi connectivity index (χ4v) is 3.17. The summed E-state index contributed by atoms with van der Waals surface area (Å²) in [6.45, 7) is 0. The van der Waals surface area contributed by atoms with E-state index in [-0.39, 0.29) is 11.7 Å². The Morgan fingerprint density at radius 1 is 1.25 bits per heavy atom. The Balaban J connectivity index is 1.80. The molecule has 0 radical (unpaired) electrons. The minimum Gasteiger partial charge on any atom is -0.388 e. The van der Waals surface area contributed by atoms with E-state index < -0.39 is 6.10 Å². The predicted octanol–water partition coefficient (Wildman–Crippen LogP) is 3.56. The van der Waals surface area contributed by atoms with Gasteiger partial charge in [0, 0.05) is 10.6 Å². The molecule has 2 fully saturated rings. The lowest BCUT2D eigenvalue weighted by atomic mass is 9.91. The lowest BCUT2D eigenvalue weighted by Crippen LogP contribution is -2.12. The van der Waals surface area contributed by atoms with E-state index in [1.54, 1.807) is 12.1 Å². The summed E-state index contributed by atoms with van der Waals surface area (Å²) in [7, 11) is 0. The molecule has 0 amide bonds. The molecule has 86 valence electrons. The van der Waals surface area contributed by atoms with Crippen molar-refractivity contribution in [3.63, 3.8) is 0 Å². The monoisotopic (exact) mass is 240 g/mol. The molecule has 0 spiro atoms. The second kappa shape index (κ2) is 3.71. The second-order valence-corrected chi connectivity index (χ2v) is 5.53. The Hall–Kier alpha value is -0.600. The molecule has 2 saturated carbocycles. The van der Waals surface area contributed by atoms with Crippen molar-refractivity contribution in [1.82, 2.24) is 0 Å². The minimum atomic E-state index is -0.662. The van der Waals surface area contributed by atoms with Crippen LogP contribution in [0.15, 0.2) is 18.2 Å². The maximum absolute atomic E-state index is 13.6. The fourth-order valence-electron chi connectivity index (χ4n) is 3.01. The van der Waals surface area contributed by atoms with E-state index in [0.717, 1.165) is 24.7 Å². The molecule has 3 unspecified atom stereocenters. The van der Waals surface area contributed by atoms with Crippen molar-refractivity contribution < 1.29 is 9.50 Å². The van der Waals surface area contributed by atoms with Crippen LogP contribution in [0, 0.1) is 23.6 Å². The molecule has 2 aliphatic rings. The summed E-state index contributed by atoms with van der Waals surface area (Å²) >= 11 is 5.69. The Morgan fingerprint density at radius 2 is 1.94 bits per heavy atom. The molecule has 0 bridgehead atoms. The van der Waals surface area contributed by atoms with Crippen molar-refractivity contribution in [2.24, 2.45) is 17.8 Å². The van der Waals surface area contributed by atoms with Crippen molar-refractivity contribution >= 4 is 11.6 Å². The Morgan fingerprint density at radius 3 is 2.56 bits per heavy atom. The minimum absolute atomic E-state index is 0.236. The van der Waals surface area contributed by atoms with Crippen molar-refractivity contribution in [2.75, 3.05) is 0 Å². The Kier molecular flexibility index (Phi) is 2.45. The van der Waals surface area contributed by atoms with Crippen LogP contribution in [0.1, 0.15) is 30.9 Å². The molecule has 0 aliphatic heterocycles. The smallest absolute Gasteiger partial charge is 0.130 e. The number of benzene rings is 1. The summed E-state index contributed by atoms with van der Waals surface area (Å²) in [5.74, 6) is 1.45. The van der Waals surface area contributed by atoms with Crippen LogP contribution in [-0.2, 0) is 0 Å². The molecule has 0 aromatic heterocycles. The molecule has 1 aromatic rings. The van der Waals surface area contributed by atoms with E-state index in [1.807, 2.05) is 0 Å². The topological polar surface area (TPSA) is 20.2 Å². The number of hydrogen-bond donors (Lipinski definition) is 1. The molecule has 0 heterocycles. The molecule has 3 rings (SSSR count). The van der Waals surface area contributed by atoms with Gasteiger partial charge in [0.25, 0.3) is 0 Å². The average molecular weight is 241 g/mol. The number of aliphatic hydroxyl groups excluding tert-OH is 1. The molecule has 3 atom stereocenters. The fraction of sp³-hybridized carbons (Fsp3) is 0.538. The van der Waals surface area contributed by atoms with E-state index in [4.69, 9.17) is 11.6 Å². The predicted molar refractivity (Wildman–Crippen MR) is 60.7 cm³/mol. The molecule has 16 heavy (non-hydrogen) atoms. The summed E-state index contributed by atoms with van der Waals surface area (Å²) in [6.07, 6.45) is 2.75. The number of halogens is 2. The highest BCUT2D eigenvalue weighted by Crippen LogP contribution is 2.57. The van der Waals surface area contributed by atoms with Gasteiger partial charge in [-0.3, -0.25) is 0 Å². The van der Waals surface area contributed by atoms with Crippen molar-refractivity contribution in [1.29, 1.82) is 0 Å². The van der Waals surface area contributed by atoms with Crippen LogP contribution in [-0.4, -0.2) is 5.11 Å². The Labute approximate surface area is 99.2 Å². The van der Waals surface area contributed by atoms with Gasteiger partial charge in [0.2, 0.25) is 0 Å². The van der Waals surface area contributed by atoms with Gasteiger partial charge in [-0.2, -0.15) is 0 Å². The maximum Gasteiger partial charge on any atom is 0.130 e. The molecule has 1 N–H and O–H groups in total. The zero-order valence-corrected chi connectivity index (χ0v) is 9.62. The van der Waals surface area contributed by atoms with Crippen LogP contribution in [0.4, 0.5) is 4.39 Å². The van der Waals surface area contributed by atoms with E-state index in [9.17, 15) is 9.50 Å². The first-order chi connectivity index (χ1) is 7.65. The first-order valence-corrected chi connectivity index (χ1v) is 6.16. The van der Waals surface area contributed by atoms with Crippen LogP contribution < -0.4 is 0 Å². The SMILES string of the molecule is OC(c1ccc(Cl)cc1F)C1CC2CC2C1. The average Bonchev–Trinajstić information content (AvgIpc) is 2.85. The van der Waals surface area contributed by atoms with Gasteiger partial charge in [-0.1, -0.05) is 17.7 Å². The molecule has 3 heteroatoms. The summed E-state index contributed by atoms with van der Waals surface area (Å²) < 4.78 is 13.6. The molecule has 1 nitrogen and oxygen atoms in total. The summed E-state index contributed by atoms with van der Waals surface area (Å²) in [6, 6.07) is 4.51. The number of hydrogen-bond acceptors (Lipinski definition) is 1. The van der Waals surface area contributed by atoms with Crippen LogP contribution in [0.2, 0.25) is 5.02 Å². The van der Waals surface area contributed by atoms with E-state index >= 15 is 0 Å². The van der Waals surface area contributed by atoms with Gasteiger partial charge in [-0.05, 0) is 49.1 Å². The van der Waals surface area contributed by atoms with Crippen LogP contribution in [0.5, 0.6) is 0 Å². The van der Waals surface area contributed by atoms with Gasteiger partial charge in [0.1, 0.15) is 5.82 Å². The highest BCUT2D eigenvalue weighted by molar-refractivity contribution is 6.30. The lowest BCUT2D eigenvalue weighted by molar-refractivity contribution is 0.101. The van der Waals surface area contributed by atoms with Gasteiger partial charge in [-0.25, -0.2) is 4.39 Å². The summed E-state index contributed by atoms with van der Waals surface area (Å²) in [5, 5.41) is 10.5. The van der Waals surface area contributed by atoms with Gasteiger partial charge in [0.15, 0.2) is 0 Å². The zero-order valence-electron chi connectivity index (χ0n) is 8.87. The number of rotatable bonds is 2. The highest BCUT2D eigenvalue weighted by Gasteiger charge is 2.48. The molecule has 2 aliphatic carbocycles. The third kappa shape index (κ3) is 1.74. The van der Waals surface area contributed by atoms with Gasteiger partial charge in [-0.15, -0.1) is 0 Å². The quantitative estimate of drug-likeness (QED) is 0.838. The van der Waals surface area contributed by atoms with Crippen molar-refractivity contribution in [2.45, 2.75) is 25.4 Å². The van der Waals surface area contributed by atoms with Crippen molar-refractivity contribution in [3.05, 3.63) is 34.6 Å². The third-order valence-corrected chi connectivity index (χ3v) is 4.24. The molecule has 0 saturated heterocycles. The lowest BCUT2D eigenvalue weighted by Gasteiger charge is -2.20. The van der Waals surface area contributed by atoms with Gasteiger partial charge >= 0.3 is 0 Å². The van der Waals surface area contributed by atoms with E-state index in [2.05, 4.69) is 0 Å². The zero-order chi connectivity index (χ0) is 11.3. The van der Waals surface area contributed by atoms with Crippen LogP contribution in [0.25, 0.3) is 0 Å². The van der Waals surface area contributed by atoms with Crippen molar-refractivity contribution in [3.8, 4) is 0 Å². The largest absolute Gasteiger partial charge is 0.388 e. The van der Waals surface area contributed by atoms with Crippen LogP contribution in [0.3, 0.4) is 0 Å². The van der Waals surface area contributed by atoms with E-state index in [0.29, 0.717) is 10.6 Å². The first-order valence-electron chi connectivity index (χ1n) is 5.78. The maximum atomic E-state index is 13.6. The third-order valence-electron chi connectivity index (χ3n) is 4.01. The molecule has 1 aromatic carbocycles. The van der Waals surface area contributed by atoms with Gasteiger partial charge < -0.3 is 5.11 Å². The van der Waals surface area contributed by atoms with Gasteiger partial charge in [0.05, 0.1) is 6.10 Å². The summed E-state index contributed by atoms with van der Waals surface area (Å²) in [5.41, 5.74) is 0.399. The normalized spacial score (nSPS) is 33.6. The highest BCUT2D eigenvalue weighted by atomic mass is 35.5. The number of aliphatic hydroxyl groups is 1.